The summed E-state index contributed by atoms with van der Waals surface area (Å²) in [6.45, 7) is 1.23. The van der Waals surface area contributed by atoms with Gasteiger partial charge in [-0.15, -0.1) is 0 Å². The lowest BCUT2D eigenvalue weighted by Gasteiger charge is -2.36. The minimum atomic E-state index is -1.04. The van der Waals surface area contributed by atoms with Crippen molar-refractivity contribution >= 4 is 29.7 Å². The van der Waals surface area contributed by atoms with Crippen molar-refractivity contribution in [2.24, 2.45) is 5.92 Å². The lowest BCUT2D eigenvalue weighted by atomic mass is 9.73. The van der Waals surface area contributed by atoms with Crippen LogP contribution in [0.3, 0.4) is 0 Å². The summed E-state index contributed by atoms with van der Waals surface area (Å²) in [6, 6.07) is 5.42. The van der Waals surface area contributed by atoms with Crippen molar-refractivity contribution in [1.82, 2.24) is 15.3 Å². The Hall–Kier alpha value is -3.23. The van der Waals surface area contributed by atoms with Crippen LogP contribution in [0.2, 0.25) is 0 Å². The van der Waals surface area contributed by atoms with Crippen LogP contribution in [0.25, 0.3) is 0 Å². The maximum Gasteiger partial charge on any atom is 0.353 e. The number of rotatable bonds is 3. The minimum absolute atomic E-state index is 0.0463. The van der Waals surface area contributed by atoms with Crippen LogP contribution in [0.1, 0.15) is 53.3 Å². The van der Waals surface area contributed by atoms with Gasteiger partial charge in [0.25, 0.3) is 17.7 Å². The van der Waals surface area contributed by atoms with E-state index in [0.717, 1.165) is 24.2 Å². The van der Waals surface area contributed by atoms with Crippen molar-refractivity contribution < 1.29 is 28.8 Å². The maximum atomic E-state index is 12.9. The largest absolute Gasteiger partial charge is 0.353 e. The third kappa shape index (κ3) is 2.57. The summed E-state index contributed by atoms with van der Waals surface area (Å²) < 4.78 is 0. The van der Waals surface area contributed by atoms with Crippen molar-refractivity contribution in [1.29, 1.82) is 0 Å². The van der Waals surface area contributed by atoms with Crippen molar-refractivity contribution in [3.63, 3.8) is 0 Å². The van der Waals surface area contributed by atoms with Gasteiger partial charge in [0.1, 0.15) is 12.1 Å². The summed E-state index contributed by atoms with van der Waals surface area (Å²) in [5, 5.41) is 3.10. The summed E-state index contributed by atoms with van der Waals surface area (Å²) in [5.41, 5.74) is -0.735. The Morgan fingerprint density at radius 2 is 1.79 bits per heavy atom. The Morgan fingerprint density at radius 1 is 1.14 bits per heavy atom. The Kier molecular flexibility index (Phi) is 4.17. The van der Waals surface area contributed by atoms with Gasteiger partial charge in [0.2, 0.25) is 0 Å². The van der Waals surface area contributed by atoms with E-state index in [4.69, 9.17) is 4.84 Å². The van der Waals surface area contributed by atoms with E-state index < -0.39 is 41.8 Å². The number of amides is 5. The summed E-state index contributed by atoms with van der Waals surface area (Å²) in [7, 11) is 0. The van der Waals surface area contributed by atoms with E-state index in [1.54, 1.807) is 12.1 Å². The number of hydroxylamine groups is 2. The standard InChI is InChI=1S/C19H19N3O6/c1-11-6-4-5-9-19(11)17(26)21(18(27)20-19)10-14(23)28-22-15(24)12-7-2-3-8-13(12)16(22)25/h2-3,7-8,11H,4-6,9-10H2,1H3,(H,20,27). The van der Waals surface area contributed by atoms with Crippen LogP contribution >= 0.6 is 0 Å². The third-order valence-corrected chi connectivity index (χ3v) is 5.74. The zero-order valence-electron chi connectivity index (χ0n) is 15.3. The van der Waals surface area contributed by atoms with Crippen molar-refractivity contribution in [2.75, 3.05) is 6.54 Å². The number of nitrogens with one attached hydrogen (secondary N) is 1. The molecule has 2 heterocycles. The summed E-state index contributed by atoms with van der Waals surface area (Å²) in [5.74, 6) is -3.08. The Morgan fingerprint density at radius 3 is 2.39 bits per heavy atom. The average molecular weight is 385 g/mol. The first-order valence-electron chi connectivity index (χ1n) is 9.18. The van der Waals surface area contributed by atoms with E-state index in [0.29, 0.717) is 11.5 Å². The van der Waals surface area contributed by atoms with Crippen LogP contribution in [0.15, 0.2) is 24.3 Å². The molecular formula is C19H19N3O6. The van der Waals surface area contributed by atoms with Crippen LogP contribution in [0, 0.1) is 5.92 Å². The molecule has 146 valence electrons. The number of urea groups is 1. The normalized spacial score (nSPS) is 26.7. The molecule has 2 atom stereocenters. The predicted octanol–water partition coefficient (Wildman–Crippen LogP) is 1.24. The van der Waals surface area contributed by atoms with E-state index in [2.05, 4.69) is 5.32 Å². The van der Waals surface area contributed by atoms with E-state index >= 15 is 0 Å². The third-order valence-electron chi connectivity index (χ3n) is 5.74. The second kappa shape index (κ2) is 6.43. The molecule has 9 heteroatoms. The van der Waals surface area contributed by atoms with Gasteiger partial charge < -0.3 is 10.2 Å². The quantitative estimate of drug-likeness (QED) is 0.619. The highest BCUT2D eigenvalue weighted by Crippen LogP contribution is 2.38. The fourth-order valence-corrected chi connectivity index (χ4v) is 4.15. The van der Waals surface area contributed by atoms with Crippen molar-refractivity contribution in [3.05, 3.63) is 35.4 Å². The summed E-state index contributed by atoms with van der Waals surface area (Å²) in [4.78, 5) is 67.7. The number of fused-ring (bicyclic) bond motifs is 1. The molecule has 1 saturated carbocycles. The van der Waals surface area contributed by atoms with Crippen LogP contribution in [0.5, 0.6) is 0 Å². The lowest BCUT2D eigenvalue weighted by molar-refractivity contribution is -0.170. The van der Waals surface area contributed by atoms with Gasteiger partial charge in [-0.05, 0) is 30.9 Å². The molecule has 0 aromatic heterocycles. The fraction of sp³-hybridized carbons (Fsp3) is 0.421. The highest BCUT2D eigenvalue weighted by Gasteiger charge is 2.55. The highest BCUT2D eigenvalue weighted by atomic mass is 16.7. The molecule has 1 aromatic rings. The van der Waals surface area contributed by atoms with Gasteiger partial charge in [0.15, 0.2) is 0 Å². The van der Waals surface area contributed by atoms with Gasteiger partial charge in [-0.25, -0.2) is 9.59 Å². The molecule has 28 heavy (non-hydrogen) atoms. The maximum absolute atomic E-state index is 12.9. The molecule has 5 amide bonds. The molecule has 1 saturated heterocycles. The summed E-state index contributed by atoms with van der Waals surface area (Å²) in [6.07, 6.45) is 3.11. The second-order valence-electron chi connectivity index (χ2n) is 7.35. The molecule has 2 unspecified atom stereocenters. The highest BCUT2D eigenvalue weighted by molar-refractivity contribution is 6.21. The van der Waals surface area contributed by atoms with E-state index in [1.807, 2.05) is 6.92 Å². The van der Waals surface area contributed by atoms with Gasteiger partial charge >= 0.3 is 12.0 Å². The van der Waals surface area contributed by atoms with Gasteiger partial charge in [-0.3, -0.25) is 19.3 Å². The van der Waals surface area contributed by atoms with Crippen LogP contribution in [-0.2, 0) is 14.4 Å². The monoisotopic (exact) mass is 385 g/mol. The fourth-order valence-electron chi connectivity index (χ4n) is 4.15. The zero-order chi connectivity index (χ0) is 20.1. The summed E-state index contributed by atoms with van der Waals surface area (Å²) >= 11 is 0. The molecule has 4 rings (SSSR count). The van der Waals surface area contributed by atoms with Gasteiger partial charge in [-0.1, -0.05) is 37.0 Å². The molecule has 2 fully saturated rings. The van der Waals surface area contributed by atoms with Gasteiger partial charge in [0.05, 0.1) is 11.1 Å². The van der Waals surface area contributed by atoms with E-state index in [9.17, 15) is 24.0 Å². The first-order valence-corrected chi connectivity index (χ1v) is 9.18. The molecule has 1 N–H and O–H groups in total. The predicted molar refractivity (Wildman–Crippen MR) is 93.6 cm³/mol. The van der Waals surface area contributed by atoms with Crippen molar-refractivity contribution in [2.45, 2.75) is 38.1 Å². The second-order valence-corrected chi connectivity index (χ2v) is 7.35. The first-order chi connectivity index (χ1) is 13.3. The molecule has 1 spiro atoms. The molecular weight excluding hydrogens is 366 g/mol. The zero-order valence-corrected chi connectivity index (χ0v) is 15.3. The van der Waals surface area contributed by atoms with Crippen molar-refractivity contribution in [3.8, 4) is 0 Å². The van der Waals surface area contributed by atoms with Crippen LogP contribution in [0.4, 0.5) is 4.79 Å². The molecule has 0 bridgehead atoms. The number of benzene rings is 1. The molecule has 3 aliphatic rings. The Labute approximate surface area is 160 Å². The average Bonchev–Trinajstić information content (AvgIpc) is 3.06. The number of hydrogen-bond acceptors (Lipinski definition) is 6. The number of carbonyl (C=O) groups excluding carboxylic acids is 5. The van der Waals surface area contributed by atoms with Crippen LogP contribution in [-0.4, -0.2) is 51.8 Å². The SMILES string of the molecule is CC1CCCCC12NC(=O)N(CC(=O)ON1C(=O)c3ccccc3C1=O)C2=O. The number of imide groups is 2. The van der Waals surface area contributed by atoms with E-state index in [-0.39, 0.29) is 17.0 Å². The Balaban J connectivity index is 1.46. The van der Waals surface area contributed by atoms with Gasteiger partial charge in [0, 0.05) is 0 Å². The lowest BCUT2D eigenvalue weighted by Crippen LogP contribution is -2.54. The molecule has 1 aromatic carbocycles. The first kappa shape index (κ1) is 18.1. The topological polar surface area (TPSA) is 113 Å². The van der Waals surface area contributed by atoms with Gasteiger partial charge in [-0.2, -0.15) is 0 Å². The molecule has 2 aliphatic heterocycles. The van der Waals surface area contributed by atoms with Crippen LogP contribution < -0.4 is 5.32 Å². The Bertz CT molecular complexity index is 878. The molecule has 9 nitrogen and oxygen atoms in total. The number of hydrogen-bond donors (Lipinski definition) is 1. The minimum Gasteiger partial charge on any atom is -0.328 e. The number of nitrogens with zero attached hydrogens (tertiary/aromatic N) is 2. The molecule has 0 radical (unpaired) electrons. The van der Waals surface area contributed by atoms with E-state index in [1.165, 1.54) is 12.1 Å². The molecule has 1 aliphatic carbocycles. The smallest absolute Gasteiger partial charge is 0.328 e. The number of carbonyl (C=O) groups is 5.